The zero-order valence-corrected chi connectivity index (χ0v) is 16.2. The Kier molecular flexibility index (Phi) is 5.93. The van der Waals surface area contributed by atoms with E-state index in [4.69, 9.17) is 0 Å². The van der Waals surface area contributed by atoms with E-state index in [1.54, 1.807) is 29.8 Å². The highest BCUT2D eigenvalue weighted by Crippen LogP contribution is 2.27. The molecule has 1 fully saturated rings. The molecule has 3 rings (SSSR count). The van der Waals surface area contributed by atoms with Gasteiger partial charge in [0.15, 0.2) is 11.0 Å². The molecule has 1 amide bonds. The molecule has 0 N–H and O–H groups in total. The summed E-state index contributed by atoms with van der Waals surface area (Å²) in [7, 11) is 1.79. The van der Waals surface area contributed by atoms with Gasteiger partial charge in [0.05, 0.1) is 10.8 Å². The number of piperazine rings is 1. The van der Waals surface area contributed by atoms with Crippen LogP contribution in [0, 0.1) is 5.82 Å². The normalized spacial score (nSPS) is 16.7. The number of aromatic nitrogens is 3. The van der Waals surface area contributed by atoms with E-state index in [0.29, 0.717) is 16.5 Å². The van der Waals surface area contributed by atoms with Crippen molar-refractivity contribution >= 4 is 17.7 Å². The molecular formula is C18H24FN5OS. The standard InChI is InChI=1S/C18H24FN5OS/c1-4-23-9-11-24(12-10-23)17(25)13(2)26-18-21-20-16(22(18)3)14-7-5-6-8-15(14)19/h5-8,13H,4,9-12H2,1-3H3/t13-/m0/s1. The van der Waals surface area contributed by atoms with Gasteiger partial charge in [-0.15, -0.1) is 10.2 Å². The highest BCUT2D eigenvalue weighted by molar-refractivity contribution is 8.00. The Labute approximate surface area is 157 Å². The summed E-state index contributed by atoms with van der Waals surface area (Å²) in [6, 6.07) is 6.49. The second-order valence-corrected chi connectivity index (χ2v) is 7.67. The average molecular weight is 377 g/mol. The maximum atomic E-state index is 14.0. The maximum absolute atomic E-state index is 14.0. The van der Waals surface area contributed by atoms with Crippen LogP contribution in [-0.4, -0.2) is 68.4 Å². The van der Waals surface area contributed by atoms with E-state index in [2.05, 4.69) is 22.0 Å². The molecule has 140 valence electrons. The van der Waals surface area contributed by atoms with E-state index in [9.17, 15) is 9.18 Å². The van der Waals surface area contributed by atoms with E-state index >= 15 is 0 Å². The Balaban J connectivity index is 1.68. The highest BCUT2D eigenvalue weighted by atomic mass is 32.2. The van der Waals surface area contributed by atoms with Gasteiger partial charge < -0.3 is 14.4 Å². The number of halogens is 1. The first-order valence-corrected chi connectivity index (χ1v) is 9.71. The summed E-state index contributed by atoms with van der Waals surface area (Å²) in [5, 5.41) is 8.61. The van der Waals surface area contributed by atoms with Gasteiger partial charge in [-0.3, -0.25) is 4.79 Å². The molecule has 0 spiro atoms. The van der Waals surface area contributed by atoms with Gasteiger partial charge in [-0.1, -0.05) is 30.8 Å². The summed E-state index contributed by atoms with van der Waals surface area (Å²) in [5.74, 6) is 0.237. The summed E-state index contributed by atoms with van der Waals surface area (Å²) in [5.41, 5.74) is 0.406. The van der Waals surface area contributed by atoms with E-state index < -0.39 is 0 Å². The average Bonchev–Trinajstić information content (AvgIpc) is 3.02. The summed E-state index contributed by atoms with van der Waals surface area (Å²) >= 11 is 1.36. The smallest absolute Gasteiger partial charge is 0.235 e. The van der Waals surface area contributed by atoms with Crippen LogP contribution in [0.3, 0.4) is 0 Å². The second-order valence-electron chi connectivity index (χ2n) is 6.36. The molecule has 1 atom stereocenters. The molecule has 0 unspecified atom stereocenters. The maximum Gasteiger partial charge on any atom is 0.235 e. The van der Waals surface area contributed by atoms with Crippen molar-refractivity contribution in [3.8, 4) is 11.4 Å². The van der Waals surface area contributed by atoms with Crippen molar-refractivity contribution in [3.05, 3.63) is 30.1 Å². The number of hydrogen-bond donors (Lipinski definition) is 0. The zero-order chi connectivity index (χ0) is 18.7. The summed E-state index contributed by atoms with van der Waals surface area (Å²) in [6.45, 7) is 8.40. The minimum absolute atomic E-state index is 0.112. The zero-order valence-electron chi connectivity index (χ0n) is 15.4. The lowest BCUT2D eigenvalue weighted by atomic mass is 10.2. The number of likely N-dealkylation sites (N-methyl/N-ethyl adjacent to an activating group) is 1. The van der Waals surface area contributed by atoms with E-state index in [-0.39, 0.29) is 17.0 Å². The molecule has 2 aromatic rings. The molecular weight excluding hydrogens is 353 g/mol. The van der Waals surface area contributed by atoms with Crippen LogP contribution in [0.1, 0.15) is 13.8 Å². The molecule has 6 nitrogen and oxygen atoms in total. The largest absolute Gasteiger partial charge is 0.339 e. The van der Waals surface area contributed by atoms with Gasteiger partial charge in [0, 0.05) is 33.2 Å². The molecule has 0 radical (unpaired) electrons. The minimum atomic E-state index is -0.336. The first-order chi connectivity index (χ1) is 12.5. The number of nitrogens with zero attached hydrogens (tertiary/aromatic N) is 5. The lowest BCUT2D eigenvalue weighted by Gasteiger charge is -2.35. The summed E-state index contributed by atoms with van der Waals surface area (Å²) in [6.07, 6.45) is 0. The predicted molar refractivity (Wildman–Crippen MR) is 100 cm³/mol. The van der Waals surface area contributed by atoms with Crippen LogP contribution in [0.25, 0.3) is 11.4 Å². The fraction of sp³-hybridized carbons (Fsp3) is 0.500. The molecule has 8 heteroatoms. The van der Waals surface area contributed by atoms with E-state index in [1.165, 1.54) is 17.8 Å². The van der Waals surface area contributed by atoms with Gasteiger partial charge in [0.1, 0.15) is 5.82 Å². The number of rotatable bonds is 5. The molecule has 0 saturated carbocycles. The Hall–Kier alpha value is -1.93. The third-order valence-electron chi connectivity index (χ3n) is 4.71. The topological polar surface area (TPSA) is 54.3 Å². The van der Waals surface area contributed by atoms with Crippen LogP contribution >= 0.6 is 11.8 Å². The molecule has 1 saturated heterocycles. The first-order valence-electron chi connectivity index (χ1n) is 8.83. The Morgan fingerprint density at radius 2 is 1.92 bits per heavy atom. The fourth-order valence-corrected chi connectivity index (χ4v) is 3.94. The monoisotopic (exact) mass is 377 g/mol. The molecule has 26 heavy (non-hydrogen) atoms. The van der Waals surface area contributed by atoms with Gasteiger partial charge in [0.2, 0.25) is 5.91 Å². The second kappa shape index (κ2) is 8.18. The molecule has 0 aliphatic carbocycles. The third kappa shape index (κ3) is 3.91. The van der Waals surface area contributed by atoms with E-state index in [1.807, 2.05) is 11.8 Å². The van der Waals surface area contributed by atoms with Crippen molar-refractivity contribution in [1.29, 1.82) is 0 Å². The van der Waals surface area contributed by atoms with Gasteiger partial charge in [-0.25, -0.2) is 4.39 Å². The quantitative estimate of drug-likeness (QED) is 0.748. The van der Waals surface area contributed by atoms with Crippen molar-refractivity contribution in [3.63, 3.8) is 0 Å². The van der Waals surface area contributed by atoms with Crippen molar-refractivity contribution in [2.24, 2.45) is 7.05 Å². The molecule has 1 aromatic carbocycles. The number of amides is 1. The molecule has 0 bridgehead atoms. The van der Waals surface area contributed by atoms with Gasteiger partial charge in [-0.05, 0) is 25.6 Å². The Bertz CT molecular complexity index is 773. The van der Waals surface area contributed by atoms with Gasteiger partial charge >= 0.3 is 0 Å². The Morgan fingerprint density at radius 3 is 2.58 bits per heavy atom. The molecule has 1 aliphatic heterocycles. The molecule has 1 aromatic heterocycles. The number of carbonyl (C=O) groups excluding carboxylic acids is 1. The van der Waals surface area contributed by atoms with Crippen LogP contribution < -0.4 is 0 Å². The van der Waals surface area contributed by atoms with Crippen LogP contribution in [0.5, 0.6) is 0 Å². The van der Waals surface area contributed by atoms with Crippen LogP contribution in [0.2, 0.25) is 0 Å². The predicted octanol–water partition coefficient (Wildman–Crippen LogP) is 2.27. The number of carbonyl (C=O) groups is 1. The Morgan fingerprint density at radius 1 is 1.23 bits per heavy atom. The van der Waals surface area contributed by atoms with Crippen molar-refractivity contribution < 1.29 is 9.18 Å². The SMILES string of the molecule is CCN1CCN(C(=O)[C@H](C)Sc2nnc(-c3ccccc3F)n2C)CC1. The summed E-state index contributed by atoms with van der Waals surface area (Å²) in [4.78, 5) is 17.0. The first kappa shape index (κ1) is 18.8. The number of benzene rings is 1. The third-order valence-corrected chi connectivity index (χ3v) is 5.83. The lowest BCUT2D eigenvalue weighted by Crippen LogP contribution is -2.50. The minimum Gasteiger partial charge on any atom is -0.339 e. The van der Waals surface area contributed by atoms with Crippen molar-refractivity contribution in [2.45, 2.75) is 24.3 Å². The molecule has 2 heterocycles. The van der Waals surface area contributed by atoms with Crippen LogP contribution in [-0.2, 0) is 11.8 Å². The van der Waals surface area contributed by atoms with Crippen LogP contribution in [0.4, 0.5) is 4.39 Å². The van der Waals surface area contributed by atoms with Crippen LogP contribution in [0.15, 0.2) is 29.4 Å². The van der Waals surface area contributed by atoms with E-state index in [0.717, 1.165) is 32.7 Å². The summed E-state index contributed by atoms with van der Waals surface area (Å²) < 4.78 is 15.7. The van der Waals surface area contributed by atoms with Crippen molar-refractivity contribution in [1.82, 2.24) is 24.6 Å². The molecule has 1 aliphatic rings. The van der Waals surface area contributed by atoms with Crippen molar-refractivity contribution in [2.75, 3.05) is 32.7 Å². The highest BCUT2D eigenvalue weighted by Gasteiger charge is 2.26. The number of thioether (sulfide) groups is 1. The lowest BCUT2D eigenvalue weighted by molar-refractivity contribution is -0.132. The van der Waals surface area contributed by atoms with Gasteiger partial charge in [0.25, 0.3) is 0 Å². The van der Waals surface area contributed by atoms with Gasteiger partial charge in [-0.2, -0.15) is 0 Å². The fourth-order valence-electron chi connectivity index (χ4n) is 3.04. The number of hydrogen-bond acceptors (Lipinski definition) is 5.